The monoisotopic (exact) mass is 250 g/mol. The molecule has 1 aromatic heterocycles. The third kappa shape index (κ3) is 4.98. The van der Waals surface area contributed by atoms with E-state index in [1.807, 2.05) is 0 Å². The van der Waals surface area contributed by atoms with E-state index in [9.17, 15) is 9.90 Å². The van der Waals surface area contributed by atoms with Crippen LogP contribution in [-0.2, 0) is 11.2 Å². The van der Waals surface area contributed by atoms with Crippen molar-refractivity contribution in [2.24, 2.45) is 5.73 Å². The molecule has 0 aromatic carbocycles. The Labute approximate surface area is 125 Å². The number of hydrogen-bond donors (Lipinski definition) is 1. The second-order valence-corrected chi connectivity index (χ2v) is 2.49. The van der Waals surface area contributed by atoms with Crippen molar-refractivity contribution in [3.8, 4) is 0 Å². The number of aliphatic carboxylic acids is 1. The first-order chi connectivity index (χ1) is 5.70. The number of pyridine rings is 1. The molecule has 2 N–H and O–H groups in total. The van der Waals surface area contributed by atoms with Gasteiger partial charge >= 0.3 is 58.2 Å². The third-order valence-corrected chi connectivity index (χ3v) is 1.51. The Bertz CT molecular complexity index is 266. The van der Waals surface area contributed by atoms with Crippen molar-refractivity contribution in [2.75, 3.05) is 0 Å². The maximum atomic E-state index is 10.3. The average molecular weight is 251 g/mol. The zero-order valence-corrected chi connectivity index (χ0v) is 12.4. The molecule has 1 aromatic rings. The van der Waals surface area contributed by atoms with Crippen LogP contribution in [0.15, 0.2) is 24.5 Å². The number of carboxylic acid groups (broad SMARTS) is 1. The summed E-state index contributed by atoms with van der Waals surface area (Å²) >= 11 is 0. The van der Waals surface area contributed by atoms with E-state index < -0.39 is 12.0 Å². The van der Waals surface area contributed by atoms with Crippen molar-refractivity contribution >= 4 is 5.97 Å². The van der Waals surface area contributed by atoms with Crippen molar-refractivity contribution in [3.05, 3.63) is 30.1 Å². The van der Waals surface area contributed by atoms with Gasteiger partial charge in [0.2, 0.25) is 0 Å². The number of carbonyl (C=O) groups is 1. The van der Waals surface area contributed by atoms with E-state index in [1.165, 1.54) is 0 Å². The molecule has 4 nitrogen and oxygen atoms in total. The first kappa shape index (κ1) is 13.4. The Kier molecular flexibility index (Phi) is 6.98. The van der Waals surface area contributed by atoms with E-state index >= 15 is 0 Å². The Balaban J connectivity index is 0.00000144. The molecule has 0 amide bonds. The van der Waals surface area contributed by atoms with Crippen LogP contribution in [-0.4, -0.2) is 17.0 Å². The van der Waals surface area contributed by atoms with Crippen LogP contribution < -0.4 is 69.0 Å². The summed E-state index contributed by atoms with van der Waals surface area (Å²) in [6, 6.07) is 2.51. The number of nitrogens with two attached hydrogens (primary N) is 1. The van der Waals surface area contributed by atoms with E-state index in [4.69, 9.17) is 5.73 Å². The summed E-state index contributed by atoms with van der Waals surface area (Å²) in [6.45, 7) is 0. The fourth-order valence-corrected chi connectivity index (χ4v) is 0.856. The van der Waals surface area contributed by atoms with Gasteiger partial charge in [-0.15, -0.1) is 0 Å². The fourth-order valence-electron chi connectivity index (χ4n) is 0.856. The Morgan fingerprint density at radius 3 is 2.54 bits per heavy atom. The largest absolute Gasteiger partial charge is 1.00 e. The van der Waals surface area contributed by atoms with Crippen LogP contribution in [0.2, 0.25) is 0 Å². The maximum absolute atomic E-state index is 10.3. The van der Waals surface area contributed by atoms with E-state index in [1.54, 1.807) is 24.5 Å². The van der Waals surface area contributed by atoms with E-state index in [0.29, 0.717) is 0 Å². The number of nitrogens with zero attached hydrogens (tertiary/aromatic N) is 1. The van der Waals surface area contributed by atoms with E-state index in [0.717, 1.165) is 5.56 Å². The molecule has 13 heavy (non-hydrogen) atoms. The molecular formula is C8H9N2O2Rb. The predicted octanol–water partition coefficient (Wildman–Crippen LogP) is -4.29. The van der Waals surface area contributed by atoms with Gasteiger partial charge in [-0.05, 0) is 24.1 Å². The van der Waals surface area contributed by atoms with Gasteiger partial charge in [-0.3, -0.25) is 4.98 Å². The molecule has 0 radical (unpaired) electrons. The van der Waals surface area contributed by atoms with Gasteiger partial charge in [0.05, 0.1) is 5.97 Å². The molecule has 64 valence electrons. The van der Waals surface area contributed by atoms with Crippen LogP contribution >= 0.6 is 0 Å². The minimum absolute atomic E-state index is 0. The summed E-state index contributed by atoms with van der Waals surface area (Å²) in [6.07, 6.45) is 3.47. The normalized spacial score (nSPS) is 11.5. The van der Waals surface area contributed by atoms with Crippen molar-refractivity contribution in [2.45, 2.75) is 12.5 Å². The summed E-state index contributed by atoms with van der Waals surface area (Å²) in [7, 11) is 0. The number of aromatic nitrogens is 1. The molecule has 1 heterocycles. The summed E-state index contributed by atoms with van der Waals surface area (Å²) in [5, 5.41) is 10.3. The van der Waals surface area contributed by atoms with Gasteiger partial charge in [-0.1, -0.05) is 0 Å². The molecule has 0 aliphatic carbocycles. The number of rotatable bonds is 3. The van der Waals surface area contributed by atoms with Gasteiger partial charge < -0.3 is 15.6 Å². The summed E-state index contributed by atoms with van der Waals surface area (Å²) in [5.41, 5.74) is 6.11. The van der Waals surface area contributed by atoms with Crippen molar-refractivity contribution in [1.29, 1.82) is 0 Å². The predicted molar refractivity (Wildman–Crippen MR) is 40.9 cm³/mol. The zero-order valence-electron chi connectivity index (χ0n) is 7.43. The van der Waals surface area contributed by atoms with Crippen LogP contribution in [0.3, 0.4) is 0 Å². The van der Waals surface area contributed by atoms with Gasteiger partial charge in [0, 0.05) is 18.4 Å². The van der Waals surface area contributed by atoms with Gasteiger partial charge in [0.25, 0.3) is 0 Å². The smallest absolute Gasteiger partial charge is 0.548 e. The molecule has 0 spiro atoms. The van der Waals surface area contributed by atoms with Crippen LogP contribution in [0, 0.1) is 0 Å². The number of hydrogen-bond acceptors (Lipinski definition) is 4. The minimum Gasteiger partial charge on any atom is -0.548 e. The molecule has 0 saturated carbocycles. The molecular weight excluding hydrogens is 242 g/mol. The number of carboxylic acids is 1. The van der Waals surface area contributed by atoms with Crippen molar-refractivity contribution < 1.29 is 68.1 Å². The third-order valence-electron chi connectivity index (χ3n) is 1.51. The van der Waals surface area contributed by atoms with Crippen molar-refractivity contribution in [3.63, 3.8) is 0 Å². The fraction of sp³-hybridized carbons (Fsp3) is 0.250. The minimum atomic E-state index is -1.23. The molecule has 0 saturated heterocycles. The second kappa shape index (κ2) is 6.78. The Morgan fingerprint density at radius 1 is 1.54 bits per heavy atom. The van der Waals surface area contributed by atoms with Gasteiger partial charge in [-0.25, -0.2) is 0 Å². The topological polar surface area (TPSA) is 79.0 Å². The molecule has 1 atom stereocenters. The van der Waals surface area contributed by atoms with Crippen LogP contribution in [0.1, 0.15) is 5.56 Å². The Morgan fingerprint density at radius 2 is 2.08 bits per heavy atom. The number of carbonyl (C=O) groups excluding carboxylic acids is 1. The SMILES string of the molecule is NC(Cc1ccncc1)C(=O)[O-].[Rb+]. The second-order valence-electron chi connectivity index (χ2n) is 2.49. The molecule has 1 rings (SSSR count). The molecule has 5 heteroatoms. The van der Waals surface area contributed by atoms with Crippen LogP contribution in [0.4, 0.5) is 0 Å². The van der Waals surface area contributed by atoms with E-state index in [2.05, 4.69) is 4.98 Å². The average Bonchev–Trinajstić information content (AvgIpc) is 2.06. The first-order valence-corrected chi connectivity index (χ1v) is 3.55. The maximum Gasteiger partial charge on any atom is 1.00 e. The zero-order chi connectivity index (χ0) is 8.97. The van der Waals surface area contributed by atoms with Gasteiger partial charge in [0.1, 0.15) is 0 Å². The van der Waals surface area contributed by atoms with Crippen molar-refractivity contribution in [1.82, 2.24) is 4.98 Å². The molecule has 0 bridgehead atoms. The quantitative estimate of drug-likeness (QED) is 0.589. The summed E-state index contributed by atoms with van der Waals surface area (Å²) in [4.78, 5) is 14.0. The van der Waals surface area contributed by atoms with E-state index in [-0.39, 0.29) is 64.6 Å². The molecule has 1 unspecified atom stereocenters. The summed E-state index contributed by atoms with van der Waals surface area (Å²) < 4.78 is 0. The molecule has 0 aliphatic heterocycles. The van der Waals surface area contributed by atoms with Gasteiger partial charge in [-0.2, -0.15) is 0 Å². The van der Waals surface area contributed by atoms with Crippen LogP contribution in [0.5, 0.6) is 0 Å². The Hall–Kier alpha value is 0.385. The summed E-state index contributed by atoms with van der Waals surface area (Å²) in [5.74, 6) is -1.23. The first-order valence-electron chi connectivity index (χ1n) is 3.55. The molecule has 0 fully saturated rings. The van der Waals surface area contributed by atoms with Gasteiger partial charge in [0.15, 0.2) is 0 Å². The molecule has 0 aliphatic rings. The standard InChI is InChI=1S/C8H10N2O2.Rb/c9-7(8(11)12)5-6-1-3-10-4-2-6;/h1-4,7H,5,9H2,(H,11,12);/q;+1/p-1. The van der Waals surface area contributed by atoms with Crippen LogP contribution in [0.25, 0.3) is 0 Å².